The summed E-state index contributed by atoms with van der Waals surface area (Å²) in [5, 5.41) is 0.501. The maximum atomic E-state index is 11.5. The molecule has 1 aliphatic rings. The second-order valence-corrected chi connectivity index (χ2v) is 8.15. The Labute approximate surface area is 165 Å². The summed E-state index contributed by atoms with van der Waals surface area (Å²) in [7, 11) is 0. The van der Waals surface area contributed by atoms with Crippen LogP contribution in [-0.2, 0) is 0 Å². The standard InChI is InChI=1S/C20H20ClN3O2S/c21-15-10-16-17(23-20(26)19(25)22-16)11-18(15)27-24-14-8-6-13(7-9-14)12-4-2-1-3-5-12/h6-12,24H,1-5H2,(H,22,25)(H,23,26). The second-order valence-electron chi connectivity index (χ2n) is 6.90. The summed E-state index contributed by atoms with van der Waals surface area (Å²) in [6.45, 7) is 0. The third-order valence-electron chi connectivity index (χ3n) is 5.04. The average Bonchev–Trinajstić information content (AvgIpc) is 2.69. The number of nitrogens with one attached hydrogen (secondary N) is 3. The van der Waals surface area contributed by atoms with Crippen molar-refractivity contribution in [1.29, 1.82) is 0 Å². The molecule has 0 bridgehead atoms. The zero-order valence-electron chi connectivity index (χ0n) is 14.7. The largest absolute Gasteiger partial charge is 0.326 e. The van der Waals surface area contributed by atoms with Gasteiger partial charge in [-0.15, -0.1) is 0 Å². The van der Waals surface area contributed by atoms with Crippen molar-refractivity contribution in [3.63, 3.8) is 0 Å². The number of anilines is 1. The van der Waals surface area contributed by atoms with Gasteiger partial charge in [-0.3, -0.25) is 9.59 Å². The molecular formula is C20H20ClN3O2S. The summed E-state index contributed by atoms with van der Waals surface area (Å²) >= 11 is 7.68. The van der Waals surface area contributed by atoms with Crippen LogP contribution in [0.1, 0.15) is 43.6 Å². The first-order chi connectivity index (χ1) is 13.1. The minimum absolute atomic E-state index is 0.501. The summed E-state index contributed by atoms with van der Waals surface area (Å²) in [6, 6.07) is 12.0. The molecule has 1 aliphatic carbocycles. The number of benzene rings is 2. The van der Waals surface area contributed by atoms with Gasteiger partial charge in [-0.2, -0.15) is 0 Å². The molecule has 140 valence electrons. The molecule has 0 unspecified atom stereocenters. The molecule has 0 amide bonds. The van der Waals surface area contributed by atoms with E-state index < -0.39 is 11.1 Å². The zero-order valence-corrected chi connectivity index (χ0v) is 16.3. The highest BCUT2D eigenvalue weighted by Gasteiger charge is 2.15. The van der Waals surface area contributed by atoms with E-state index in [0.29, 0.717) is 22.0 Å². The van der Waals surface area contributed by atoms with Gasteiger partial charge in [-0.05, 0) is 60.5 Å². The lowest BCUT2D eigenvalue weighted by atomic mass is 9.84. The summed E-state index contributed by atoms with van der Waals surface area (Å²) in [5.74, 6) is 0.689. The lowest BCUT2D eigenvalue weighted by Gasteiger charge is -2.22. The van der Waals surface area contributed by atoms with Crippen LogP contribution in [0.5, 0.6) is 0 Å². The molecule has 4 rings (SSSR count). The first-order valence-electron chi connectivity index (χ1n) is 9.09. The van der Waals surface area contributed by atoms with Crippen LogP contribution in [0, 0.1) is 0 Å². The zero-order chi connectivity index (χ0) is 18.8. The number of hydrogen-bond acceptors (Lipinski definition) is 4. The minimum atomic E-state index is -0.685. The van der Waals surface area contributed by atoms with Crippen LogP contribution < -0.4 is 15.8 Å². The Kier molecular flexibility index (Phi) is 5.27. The van der Waals surface area contributed by atoms with Crippen LogP contribution in [-0.4, -0.2) is 9.97 Å². The van der Waals surface area contributed by atoms with E-state index in [-0.39, 0.29) is 0 Å². The maximum Gasteiger partial charge on any atom is 0.314 e. The van der Waals surface area contributed by atoms with Crippen molar-refractivity contribution in [3.05, 3.63) is 67.7 Å². The number of H-pyrrole nitrogens is 2. The highest BCUT2D eigenvalue weighted by Crippen LogP contribution is 2.34. The molecule has 7 heteroatoms. The molecule has 0 saturated heterocycles. The Balaban J connectivity index is 1.49. The van der Waals surface area contributed by atoms with E-state index in [2.05, 4.69) is 39.0 Å². The smallest absolute Gasteiger partial charge is 0.314 e. The molecule has 1 heterocycles. The third-order valence-corrected chi connectivity index (χ3v) is 6.36. The topological polar surface area (TPSA) is 77.8 Å². The number of fused-ring (bicyclic) bond motifs is 1. The Morgan fingerprint density at radius 1 is 0.926 bits per heavy atom. The van der Waals surface area contributed by atoms with E-state index in [1.54, 1.807) is 12.1 Å². The minimum Gasteiger partial charge on any atom is -0.326 e. The van der Waals surface area contributed by atoms with E-state index in [1.807, 2.05) is 0 Å². The molecule has 0 aliphatic heterocycles. The molecular weight excluding hydrogens is 382 g/mol. The van der Waals surface area contributed by atoms with Crippen LogP contribution in [0.15, 0.2) is 50.9 Å². The number of aromatic nitrogens is 2. The van der Waals surface area contributed by atoms with Gasteiger partial charge >= 0.3 is 11.1 Å². The molecule has 1 aromatic heterocycles. The fraction of sp³-hybridized carbons (Fsp3) is 0.300. The Hall–Kier alpha value is -2.18. The molecule has 3 aromatic rings. The van der Waals surface area contributed by atoms with Crippen LogP contribution in [0.4, 0.5) is 5.69 Å². The van der Waals surface area contributed by atoms with Crippen molar-refractivity contribution in [1.82, 2.24) is 9.97 Å². The first kappa shape index (κ1) is 18.2. The summed E-state index contributed by atoms with van der Waals surface area (Å²) in [4.78, 5) is 28.8. The predicted molar refractivity (Wildman–Crippen MR) is 112 cm³/mol. The van der Waals surface area contributed by atoms with Gasteiger partial charge in [0.15, 0.2) is 0 Å². The maximum absolute atomic E-state index is 11.5. The first-order valence-corrected chi connectivity index (χ1v) is 10.3. The summed E-state index contributed by atoms with van der Waals surface area (Å²) in [5.41, 5.74) is 2.09. The van der Waals surface area contributed by atoms with Crippen LogP contribution in [0.25, 0.3) is 11.0 Å². The van der Waals surface area contributed by atoms with Crippen LogP contribution in [0.2, 0.25) is 5.02 Å². The number of aromatic amines is 2. The van der Waals surface area contributed by atoms with Gasteiger partial charge in [-0.1, -0.05) is 43.0 Å². The summed E-state index contributed by atoms with van der Waals surface area (Å²) in [6.07, 6.45) is 6.59. The van der Waals surface area contributed by atoms with Gasteiger partial charge < -0.3 is 14.7 Å². The normalized spacial score (nSPS) is 15.1. The number of halogens is 1. The molecule has 0 atom stereocenters. The lowest BCUT2D eigenvalue weighted by Crippen LogP contribution is -2.28. The van der Waals surface area contributed by atoms with Gasteiger partial charge in [0.2, 0.25) is 0 Å². The second kappa shape index (κ2) is 7.82. The van der Waals surface area contributed by atoms with Crippen molar-refractivity contribution in [2.75, 3.05) is 4.72 Å². The van der Waals surface area contributed by atoms with Crippen molar-refractivity contribution < 1.29 is 0 Å². The van der Waals surface area contributed by atoms with Crippen molar-refractivity contribution in [2.45, 2.75) is 42.9 Å². The Bertz CT molecular complexity index is 1070. The molecule has 2 aromatic carbocycles. The van der Waals surface area contributed by atoms with E-state index in [9.17, 15) is 9.59 Å². The van der Waals surface area contributed by atoms with Crippen LogP contribution in [0.3, 0.4) is 0 Å². The third kappa shape index (κ3) is 4.06. The fourth-order valence-electron chi connectivity index (χ4n) is 3.57. The number of rotatable bonds is 4. The van der Waals surface area contributed by atoms with E-state index in [1.165, 1.54) is 49.6 Å². The SMILES string of the molecule is O=c1[nH]c2cc(Cl)c(SNc3ccc(C4CCCCC4)cc3)cc2[nH]c1=O. The average molecular weight is 402 g/mol. The highest BCUT2D eigenvalue weighted by molar-refractivity contribution is 8.00. The van der Waals surface area contributed by atoms with E-state index in [0.717, 1.165) is 10.6 Å². The molecule has 1 saturated carbocycles. The Morgan fingerprint density at radius 2 is 1.56 bits per heavy atom. The molecule has 0 spiro atoms. The Morgan fingerprint density at radius 3 is 2.22 bits per heavy atom. The van der Waals surface area contributed by atoms with Gasteiger partial charge in [0, 0.05) is 10.6 Å². The van der Waals surface area contributed by atoms with E-state index in [4.69, 9.17) is 11.6 Å². The van der Waals surface area contributed by atoms with Gasteiger partial charge in [0.1, 0.15) is 0 Å². The van der Waals surface area contributed by atoms with Gasteiger partial charge in [0.25, 0.3) is 0 Å². The lowest BCUT2D eigenvalue weighted by molar-refractivity contribution is 0.443. The highest BCUT2D eigenvalue weighted by atomic mass is 35.5. The van der Waals surface area contributed by atoms with Crippen LogP contribution >= 0.6 is 23.5 Å². The van der Waals surface area contributed by atoms with Crippen molar-refractivity contribution >= 4 is 40.3 Å². The van der Waals surface area contributed by atoms with Gasteiger partial charge in [-0.25, -0.2) is 0 Å². The fourth-order valence-corrected chi connectivity index (χ4v) is 4.55. The van der Waals surface area contributed by atoms with Crippen molar-refractivity contribution in [3.8, 4) is 0 Å². The molecule has 1 fully saturated rings. The molecule has 3 N–H and O–H groups in total. The predicted octanol–water partition coefficient (Wildman–Crippen LogP) is 5.04. The monoisotopic (exact) mass is 401 g/mol. The molecule has 5 nitrogen and oxygen atoms in total. The number of hydrogen-bond donors (Lipinski definition) is 3. The quantitative estimate of drug-likeness (QED) is 0.423. The van der Waals surface area contributed by atoms with Crippen molar-refractivity contribution in [2.24, 2.45) is 0 Å². The van der Waals surface area contributed by atoms with E-state index >= 15 is 0 Å². The summed E-state index contributed by atoms with van der Waals surface area (Å²) < 4.78 is 3.29. The van der Waals surface area contributed by atoms with Gasteiger partial charge in [0.05, 0.1) is 16.1 Å². The molecule has 27 heavy (non-hydrogen) atoms. The molecule has 0 radical (unpaired) electrons.